The van der Waals surface area contributed by atoms with Gasteiger partial charge in [0.15, 0.2) is 5.78 Å². The molecule has 6 heteroatoms. The van der Waals surface area contributed by atoms with Gasteiger partial charge in [0.25, 0.3) is 0 Å². The maximum atomic E-state index is 10.9. The third kappa shape index (κ3) is 5.81. The van der Waals surface area contributed by atoms with Crippen molar-refractivity contribution in [3.63, 3.8) is 0 Å². The van der Waals surface area contributed by atoms with Gasteiger partial charge in [-0.25, -0.2) is 0 Å². The van der Waals surface area contributed by atoms with E-state index in [1.165, 1.54) is 13.0 Å². The first kappa shape index (κ1) is 16.9. The Morgan fingerprint density at radius 1 is 1.67 bits per heavy atom. The third-order valence-corrected chi connectivity index (χ3v) is 1.52. The van der Waals surface area contributed by atoms with Gasteiger partial charge in [-0.2, -0.15) is 0 Å². The Morgan fingerprint density at radius 2 is 2.27 bits per heavy atom. The van der Waals surface area contributed by atoms with Crippen LogP contribution in [-0.2, 0) is 9.63 Å². The molecule has 0 radical (unpaired) electrons. The predicted octanol–water partition coefficient (Wildman–Crippen LogP) is -3.22. The molecule has 0 spiro atoms. The molecule has 0 aliphatic carbocycles. The van der Waals surface area contributed by atoms with Crippen LogP contribution in [0.15, 0.2) is 16.9 Å². The fourth-order valence-electron chi connectivity index (χ4n) is 1.04. The Balaban J connectivity index is 0. The van der Waals surface area contributed by atoms with Gasteiger partial charge in [0, 0.05) is 11.6 Å². The monoisotopic (exact) mass is 222 g/mol. The number of ketones is 1. The number of carbonyl (C=O) groups excluding carboxylic acids is 1. The average Bonchev–Trinajstić information content (AvgIpc) is 2.34. The molecule has 0 aromatic heterocycles. The largest absolute Gasteiger partial charge is 1.00 e. The summed E-state index contributed by atoms with van der Waals surface area (Å²) in [5, 5.41) is 17.0. The van der Waals surface area contributed by atoms with Gasteiger partial charge >= 0.3 is 29.6 Å². The molecule has 5 nitrogen and oxygen atoms in total. The van der Waals surface area contributed by atoms with Crippen LogP contribution in [-0.4, -0.2) is 24.3 Å². The zero-order valence-corrected chi connectivity index (χ0v) is 10.5. The number of carbonyl (C=O) groups is 1. The van der Waals surface area contributed by atoms with Crippen LogP contribution >= 0.6 is 0 Å². The second-order valence-electron chi connectivity index (χ2n) is 2.86. The van der Waals surface area contributed by atoms with Crippen molar-refractivity contribution in [3.8, 4) is 0 Å². The maximum absolute atomic E-state index is 10.9. The predicted molar refractivity (Wildman–Crippen MR) is 51.5 cm³/mol. The number of allylic oxidation sites excluding steroid dienone is 2. The standard InChI is InChI=1S/C8H12N2O3.CH4.Na/c1-5(3-6(2)11)9-7-4-13-10-8(7)12;;/h3,7,9H,4H2,1-2H3,(H,10,12);1H4;/q;;+1/p-1/b5-3+;;. The van der Waals surface area contributed by atoms with Gasteiger partial charge in [-0.05, 0) is 19.9 Å². The quantitative estimate of drug-likeness (QED) is 0.403. The van der Waals surface area contributed by atoms with Crippen LogP contribution in [0.1, 0.15) is 21.3 Å². The van der Waals surface area contributed by atoms with Crippen LogP contribution in [0, 0.1) is 0 Å². The van der Waals surface area contributed by atoms with Crippen LogP contribution in [0.4, 0.5) is 0 Å². The van der Waals surface area contributed by atoms with Crippen molar-refractivity contribution in [1.82, 2.24) is 5.32 Å². The Bertz CT molecular complexity index is 277. The van der Waals surface area contributed by atoms with E-state index < -0.39 is 6.04 Å². The topological polar surface area (TPSA) is 73.8 Å². The number of hydrogen-bond donors (Lipinski definition) is 1. The fourth-order valence-corrected chi connectivity index (χ4v) is 1.04. The van der Waals surface area contributed by atoms with Crippen molar-refractivity contribution < 1.29 is 44.3 Å². The van der Waals surface area contributed by atoms with Crippen LogP contribution in [0.5, 0.6) is 0 Å². The number of rotatable bonds is 3. The van der Waals surface area contributed by atoms with Gasteiger partial charge in [0.2, 0.25) is 0 Å². The summed E-state index contributed by atoms with van der Waals surface area (Å²) in [6, 6.07) is -0.449. The first-order valence-corrected chi connectivity index (χ1v) is 3.92. The summed E-state index contributed by atoms with van der Waals surface area (Å²) in [5.41, 5.74) is 0.645. The first-order chi connectivity index (χ1) is 6.09. The Labute approximate surface area is 112 Å². The molecule has 0 amide bonds. The SMILES string of the molecule is C.CC(=O)/C=C(\C)NC1CON=C1[O-].[Na+]. The minimum atomic E-state index is -0.449. The molecule has 80 valence electrons. The van der Waals surface area contributed by atoms with Crippen LogP contribution in [0.25, 0.3) is 0 Å². The van der Waals surface area contributed by atoms with E-state index in [2.05, 4.69) is 15.3 Å². The molecule has 1 rings (SSSR count). The molecule has 1 N–H and O–H groups in total. The number of nitrogens with zero attached hydrogens (tertiary/aromatic N) is 1. The van der Waals surface area contributed by atoms with Gasteiger partial charge in [0.05, 0.1) is 6.04 Å². The van der Waals surface area contributed by atoms with Crippen molar-refractivity contribution in [2.45, 2.75) is 27.3 Å². The van der Waals surface area contributed by atoms with E-state index in [9.17, 15) is 9.90 Å². The van der Waals surface area contributed by atoms with E-state index in [0.717, 1.165) is 0 Å². The summed E-state index contributed by atoms with van der Waals surface area (Å²) in [6.45, 7) is 3.39. The molecule has 0 bridgehead atoms. The van der Waals surface area contributed by atoms with Crippen LogP contribution in [0.3, 0.4) is 0 Å². The van der Waals surface area contributed by atoms with Crippen LogP contribution < -0.4 is 40.0 Å². The molecule has 0 aromatic carbocycles. The van der Waals surface area contributed by atoms with E-state index in [1.807, 2.05) is 0 Å². The molecule has 0 saturated carbocycles. The molecule has 1 heterocycles. The van der Waals surface area contributed by atoms with Crippen molar-refractivity contribution in [2.75, 3.05) is 6.61 Å². The summed E-state index contributed by atoms with van der Waals surface area (Å²) in [6.07, 6.45) is 1.42. The molecule has 0 saturated heterocycles. The summed E-state index contributed by atoms with van der Waals surface area (Å²) < 4.78 is 0. The summed E-state index contributed by atoms with van der Waals surface area (Å²) in [7, 11) is 0. The molecule has 1 aliphatic heterocycles. The minimum absolute atomic E-state index is 0. The van der Waals surface area contributed by atoms with Crippen LogP contribution in [0.2, 0.25) is 0 Å². The molecule has 1 atom stereocenters. The van der Waals surface area contributed by atoms with Gasteiger partial charge in [0.1, 0.15) is 6.61 Å². The van der Waals surface area contributed by atoms with E-state index in [-0.39, 0.29) is 55.3 Å². The molecule has 0 fully saturated rings. The molecule has 15 heavy (non-hydrogen) atoms. The second-order valence-corrected chi connectivity index (χ2v) is 2.86. The zero-order chi connectivity index (χ0) is 9.84. The number of nitrogens with one attached hydrogen (secondary N) is 1. The molecular weight excluding hydrogens is 207 g/mol. The molecular formula is C9H15N2NaO3. The van der Waals surface area contributed by atoms with Gasteiger partial charge in [-0.1, -0.05) is 7.43 Å². The Hall–Kier alpha value is -0.520. The summed E-state index contributed by atoms with van der Waals surface area (Å²) in [4.78, 5) is 15.2. The van der Waals surface area contributed by atoms with Crippen molar-refractivity contribution >= 4 is 11.7 Å². The second kappa shape index (κ2) is 7.73. The molecule has 0 aromatic rings. The van der Waals surface area contributed by atoms with Crippen molar-refractivity contribution in [1.29, 1.82) is 0 Å². The number of oxime groups is 1. The maximum Gasteiger partial charge on any atom is 1.00 e. The van der Waals surface area contributed by atoms with E-state index in [4.69, 9.17) is 0 Å². The van der Waals surface area contributed by atoms with E-state index in [1.54, 1.807) is 6.92 Å². The molecule has 1 unspecified atom stereocenters. The molecule has 1 aliphatic rings. The smallest absolute Gasteiger partial charge is 0.858 e. The van der Waals surface area contributed by atoms with Crippen molar-refractivity contribution in [2.24, 2.45) is 5.16 Å². The summed E-state index contributed by atoms with van der Waals surface area (Å²) in [5.74, 6) is -0.399. The normalized spacial score (nSPS) is 19.2. The Morgan fingerprint density at radius 3 is 2.67 bits per heavy atom. The Kier molecular flexibility index (Phi) is 8.71. The summed E-state index contributed by atoms with van der Waals surface area (Å²) >= 11 is 0. The fraction of sp³-hybridized carbons (Fsp3) is 0.556. The van der Waals surface area contributed by atoms with Gasteiger partial charge in [-0.15, -0.1) is 5.16 Å². The van der Waals surface area contributed by atoms with Gasteiger partial charge in [-0.3, -0.25) is 4.79 Å². The number of hydrogen-bond acceptors (Lipinski definition) is 5. The van der Waals surface area contributed by atoms with Gasteiger partial charge < -0.3 is 15.3 Å². The van der Waals surface area contributed by atoms with E-state index >= 15 is 0 Å². The minimum Gasteiger partial charge on any atom is -0.858 e. The van der Waals surface area contributed by atoms with E-state index in [0.29, 0.717) is 5.70 Å². The zero-order valence-electron chi connectivity index (χ0n) is 8.53. The first-order valence-electron chi connectivity index (χ1n) is 3.92. The average molecular weight is 222 g/mol. The third-order valence-electron chi connectivity index (χ3n) is 1.52. The van der Waals surface area contributed by atoms with Crippen molar-refractivity contribution in [3.05, 3.63) is 11.8 Å².